The van der Waals surface area contributed by atoms with E-state index in [2.05, 4.69) is 10.6 Å². The van der Waals surface area contributed by atoms with Crippen molar-refractivity contribution in [3.05, 3.63) is 101 Å². The molecule has 5 nitrogen and oxygen atoms in total. The van der Waals surface area contributed by atoms with Crippen LogP contribution in [0.15, 0.2) is 78.9 Å². The van der Waals surface area contributed by atoms with Crippen LogP contribution >= 0.6 is 0 Å². The standard InChI is InChI=1S/C24H24N2O3/c1-18-8-5-6-13-22(18)24(28)26-16-23(27)25-15-19-9-7-10-20(14-19)17-29-21-11-3-2-4-12-21/h2-14H,15-17H2,1H3,(H,25,27)(H,26,28). The summed E-state index contributed by atoms with van der Waals surface area (Å²) in [5, 5.41) is 5.48. The number of hydrogen-bond acceptors (Lipinski definition) is 3. The maximum absolute atomic E-state index is 12.2. The number of rotatable bonds is 8. The van der Waals surface area contributed by atoms with Gasteiger partial charge in [-0.25, -0.2) is 0 Å². The van der Waals surface area contributed by atoms with Crippen LogP contribution in [0.25, 0.3) is 0 Å². The number of benzene rings is 3. The molecular weight excluding hydrogens is 364 g/mol. The molecule has 2 amide bonds. The van der Waals surface area contributed by atoms with Crippen molar-refractivity contribution in [1.29, 1.82) is 0 Å². The Labute approximate surface area is 170 Å². The van der Waals surface area contributed by atoms with E-state index in [1.165, 1.54) is 0 Å². The van der Waals surface area contributed by atoms with Crippen LogP contribution in [0.3, 0.4) is 0 Å². The minimum atomic E-state index is -0.252. The molecule has 0 aliphatic rings. The van der Waals surface area contributed by atoms with Gasteiger partial charge in [0.25, 0.3) is 5.91 Å². The second kappa shape index (κ2) is 10.1. The van der Waals surface area contributed by atoms with Crippen LogP contribution in [0.2, 0.25) is 0 Å². The normalized spacial score (nSPS) is 10.2. The molecule has 3 aromatic carbocycles. The lowest BCUT2D eigenvalue weighted by molar-refractivity contribution is -0.120. The van der Waals surface area contributed by atoms with E-state index in [-0.39, 0.29) is 18.4 Å². The highest BCUT2D eigenvalue weighted by Crippen LogP contribution is 2.13. The van der Waals surface area contributed by atoms with Gasteiger partial charge in [-0.15, -0.1) is 0 Å². The van der Waals surface area contributed by atoms with Crippen molar-refractivity contribution in [2.75, 3.05) is 6.54 Å². The molecule has 148 valence electrons. The van der Waals surface area contributed by atoms with Crippen LogP contribution in [-0.4, -0.2) is 18.4 Å². The van der Waals surface area contributed by atoms with Crippen molar-refractivity contribution in [2.45, 2.75) is 20.1 Å². The third-order valence-electron chi connectivity index (χ3n) is 4.43. The average Bonchev–Trinajstić information content (AvgIpc) is 2.76. The number of para-hydroxylation sites is 1. The summed E-state index contributed by atoms with van der Waals surface area (Å²) in [5.41, 5.74) is 3.44. The summed E-state index contributed by atoms with van der Waals surface area (Å²) >= 11 is 0. The van der Waals surface area contributed by atoms with E-state index in [4.69, 9.17) is 4.74 Å². The van der Waals surface area contributed by atoms with Crippen molar-refractivity contribution in [1.82, 2.24) is 10.6 Å². The zero-order valence-corrected chi connectivity index (χ0v) is 16.4. The topological polar surface area (TPSA) is 67.4 Å². The minimum Gasteiger partial charge on any atom is -0.489 e. The molecule has 0 radical (unpaired) electrons. The summed E-state index contributed by atoms with van der Waals surface area (Å²) in [6.45, 7) is 2.64. The lowest BCUT2D eigenvalue weighted by atomic mass is 10.1. The van der Waals surface area contributed by atoms with Gasteiger partial charge in [-0.3, -0.25) is 9.59 Å². The Kier molecular flexibility index (Phi) is 7.00. The number of carbonyl (C=O) groups excluding carboxylic acids is 2. The minimum absolute atomic E-state index is 0.0655. The molecule has 0 saturated heterocycles. The van der Waals surface area contributed by atoms with E-state index < -0.39 is 0 Å². The van der Waals surface area contributed by atoms with Gasteiger partial charge in [0.2, 0.25) is 5.91 Å². The first-order valence-electron chi connectivity index (χ1n) is 9.48. The molecule has 0 aliphatic carbocycles. The SMILES string of the molecule is Cc1ccccc1C(=O)NCC(=O)NCc1cccc(COc2ccccc2)c1. The predicted molar refractivity (Wildman–Crippen MR) is 113 cm³/mol. The first kappa shape index (κ1) is 20.1. The highest BCUT2D eigenvalue weighted by atomic mass is 16.5. The van der Waals surface area contributed by atoms with Gasteiger partial charge < -0.3 is 15.4 Å². The van der Waals surface area contributed by atoms with Crippen LogP contribution in [-0.2, 0) is 17.9 Å². The highest BCUT2D eigenvalue weighted by molar-refractivity contribution is 5.97. The van der Waals surface area contributed by atoms with Gasteiger partial charge in [0.15, 0.2) is 0 Å². The quantitative estimate of drug-likeness (QED) is 0.619. The van der Waals surface area contributed by atoms with Crippen molar-refractivity contribution >= 4 is 11.8 Å². The van der Waals surface area contributed by atoms with Crippen LogP contribution < -0.4 is 15.4 Å². The number of carbonyl (C=O) groups is 2. The molecule has 0 spiro atoms. The molecule has 0 heterocycles. The van der Waals surface area contributed by atoms with Gasteiger partial charge in [-0.05, 0) is 41.8 Å². The summed E-state index contributed by atoms with van der Waals surface area (Å²) in [5.74, 6) is 0.326. The van der Waals surface area contributed by atoms with Crippen LogP contribution in [0.5, 0.6) is 5.75 Å². The number of ether oxygens (including phenoxy) is 1. The third kappa shape index (κ3) is 6.21. The number of hydrogen-bond donors (Lipinski definition) is 2. The summed E-state index contributed by atoms with van der Waals surface area (Å²) in [4.78, 5) is 24.3. The van der Waals surface area contributed by atoms with Crippen molar-refractivity contribution in [3.63, 3.8) is 0 Å². The predicted octanol–water partition coefficient (Wildman–Crippen LogP) is 3.62. The number of amides is 2. The second-order valence-electron chi connectivity index (χ2n) is 6.70. The fourth-order valence-corrected chi connectivity index (χ4v) is 2.86. The Hall–Kier alpha value is -3.60. The van der Waals surface area contributed by atoms with Gasteiger partial charge in [-0.1, -0.05) is 60.7 Å². The van der Waals surface area contributed by atoms with Crippen molar-refractivity contribution < 1.29 is 14.3 Å². The smallest absolute Gasteiger partial charge is 0.251 e. The van der Waals surface area contributed by atoms with E-state index in [1.54, 1.807) is 12.1 Å². The van der Waals surface area contributed by atoms with Crippen LogP contribution in [0.1, 0.15) is 27.0 Å². The fraction of sp³-hybridized carbons (Fsp3) is 0.167. The summed E-state index contributed by atoms with van der Waals surface area (Å²) in [6.07, 6.45) is 0. The van der Waals surface area contributed by atoms with E-state index in [0.29, 0.717) is 18.7 Å². The van der Waals surface area contributed by atoms with E-state index in [9.17, 15) is 9.59 Å². The molecule has 0 aromatic heterocycles. The van der Waals surface area contributed by atoms with E-state index in [0.717, 1.165) is 22.4 Å². The maximum Gasteiger partial charge on any atom is 0.251 e. The molecule has 3 aromatic rings. The van der Waals surface area contributed by atoms with Crippen molar-refractivity contribution in [3.8, 4) is 5.75 Å². The van der Waals surface area contributed by atoms with Gasteiger partial charge in [0, 0.05) is 12.1 Å². The number of nitrogens with one attached hydrogen (secondary N) is 2. The Morgan fingerprint density at radius 3 is 2.34 bits per heavy atom. The number of aryl methyl sites for hydroxylation is 1. The molecule has 0 aliphatic heterocycles. The Morgan fingerprint density at radius 2 is 1.55 bits per heavy atom. The molecule has 0 bridgehead atoms. The van der Waals surface area contributed by atoms with Gasteiger partial charge in [-0.2, -0.15) is 0 Å². The molecule has 0 atom stereocenters. The highest BCUT2D eigenvalue weighted by Gasteiger charge is 2.10. The first-order valence-corrected chi connectivity index (χ1v) is 9.48. The Bertz CT molecular complexity index is 971. The van der Waals surface area contributed by atoms with Crippen LogP contribution in [0, 0.1) is 6.92 Å². The summed E-state index contributed by atoms with van der Waals surface area (Å²) < 4.78 is 5.75. The molecule has 5 heteroatoms. The third-order valence-corrected chi connectivity index (χ3v) is 4.43. The lowest BCUT2D eigenvalue weighted by Gasteiger charge is -2.10. The van der Waals surface area contributed by atoms with Gasteiger partial charge in [0.05, 0.1) is 6.54 Å². The Morgan fingerprint density at radius 1 is 0.828 bits per heavy atom. The molecule has 0 fully saturated rings. The molecule has 0 unspecified atom stereocenters. The van der Waals surface area contributed by atoms with Crippen molar-refractivity contribution in [2.24, 2.45) is 0 Å². The van der Waals surface area contributed by atoms with Gasteiger partial charge >= 0.3 is 0 Å². The monoisotopic (exact) mass is 388 g/mol. The van der Waals surface area contributed by atoms with E-state index in [1.807, 2.05) is 73.7 Å². The lowest BCUT2D eigenvalue weighted by Crippen LogP contribution is -2.36. The average molecular weight is 388 g/mol. The molecule has 29 heavy (non-hydrogen) atoms. The van der Waals surface area contributed by atoms with Crippen LogP contribution in [0.4, 0.5) is 0 Å². The molecule has 2 N–H and O–H groups in total. The zero-order valence-electron chi connectivity index (χ0n) is 16.4. The molecule has 3 rings (SSSR count). The first-order chi connectivity index (χ1) is 14.1. The van der Waals surface area contributed by atoms with Gasteiger partial charge in [0.1, 0.15) is 12.4 Å². The Balaban J connectivity index is 1.45. The second-order valence-corrected chi connectivity index (χ2v) is 6.70. The molecule has 0 saturated carbocycles. The van der Waals surface area contributed by atoms with E-state index >= 15 is 0 Å². The maximum atomic E-state index is 12.2. The zero-order chi connectivity index (χ0) is 20.5. The summed E-state index contributed by atoms with van der Waals surface area (Å²) in [6, 6.07) is 24.8. The fourth-order valence-electron chi connectivity index (χ4n) is 2.86. The summed E-state index contributed by atoms with van der Waals surface area (Å²) in [7, 11) is 0. The largest absolute Gasteiger partial charge is 0.489 e. The molecular formula is C24H24N2O3.